The van der Waals surface area contributed by atoms with E-state index in [9.17, 15) is 4.79 Å². The number of rotatable bonds is 7. The van der Waals surface area contributed by atoms with E-state index < -0.39 is 0 Å². The summed E-state index contributed by atoms with van der Waals surface area (Å²) < 4.78 is 0. The Morgan fingerprint density at radius 3 is 2.27 bits per heavy atom. The second-order valence-electron chi connectivity index (χ2n) is 5.52. The van der Waals surface area contributed by atoms with Crippen LogP contribution >= 0.6 is 11.6 Å². The molecule has 0 saturated carbocycles. The lowest BCUT2D eigenvalue weighted by Crippen LogP contribution is -2.29. The molecule has 22 heavy (non-hydrogen) atoms. The summed E-state index contributed by atoms with van der Waals surface area (Å²) in [5, 5.41) is 0.719. The van der Waals surface area contributed by atoms with Gasteiger partial charge in [-0.2, -0.15) is 0 Å². The number of benzene rings is 2. The van der Waals surface area contributed by atoms with Gasteiger partial charge in [0.15, 0.2) is 0 Å². The Morgan fingerprint density at radius 2 is 1.73 bits per heavy atom. The Labute approximate surface area is 137 Å². The van der Waals surface area contributed by atoms with Gasteiger partial charge in [-0.05, 0) is 36.7 Å². The number of halogens is 1. The molecule has 0 aliphatic rings. The van der Waals surface area contributed by atoms with Gasteiger partial charge in [0.1, 0.15) is 5.78 Å². The molecule has 1 unspecified atom stereocenters. The molecule has 0 aromatic heterocycles. The zero-order valence-corrected chi connectivity index (χ0v) is 13.9. The van der Waals surface area contributed by atoms with E-state index in [1.807, 2.05) is 42.5 Å². The van der Waals surface area contributed by atoms with Crippen molar-refractivity contribution >= 4 is 17.4 Å². The number of hydrogen-bond donors (Lipinski definition) is 0. The van der Waals surface area contributed by atoms with Crippen LogP contribution in [0.4, 0.5) is 0 Å². The molecule has 0 fully saturated rings. The van der Waals surface area contributed by atoms with Gasteiger partial charge in [0, 0.05) is 24.0 Å². The lowest BCUT2D eigenvalue weighted by atomic mass is 9.99. The molecule has 2 rings (SSSR count). The van der Waals surface area contributed by atoms with E-state index in [-0.39, 0.29) is 11.8 Å². The molecule has 2 aromatic carbocycles. The molecule has 0 spiro atoms. The lowest BCUT2D eigenvalue weighted by molar-refractivity contribution is -0.118. The summed E-state index contributed by atoms with van der Waals surface area (Å²) in [4.78, 5) is 14.0. The Kier molecular flexibility index (Phi) is 6.17. The average molecular weight is 316 g/mol. The lowest BCUT2D eigenvalue weighted by Gasteiger charge is -2.30. The molecule has 2 aromatic rings. The molecular formula is C19H22ClNO. The van der Waals surface area contributed by atoms with Crippen molar-refractivity contribution in [3.05, 3.63) is 70.7 Å². The number of carbonyl (C=O) groups excluding carboxylic acids is 1. The van der Waals surface area contributed by atoms with Crippen LogP contribution < -0.4 is 0 Å². The SMILES string of the molecule is CCN(Cc1ccccc1)C(CC(C)=O)c1ccc(Cl)cc1. The third-order valence-electron chi connectivity index (χ3n) is 3.81. The highest BCUT2D eigenvalue weighted by Gasteiger charge is 2.21. The number of hydrogen-bond acceptors (Lipinski definition) is 2. The van der Waals surface area contributed by atoms with E-state index in [2.05, 4.69) is 24.0 Å². The maximum atomic E-state index is 11.7. The average Bonchev–Trinajstić information content (AvgIpc) is 2.52. The first-order chi connectivity index (χ1) is 10.6. The minimum absolute atomic E-state index is 0.0833. The smallest absolute Gasteiger partial charge is 0.131 e. The summed E-state index contributed by atoms with van der Waals surface area (Å²) in [6.45, 7) is 5.50. The van der Waals surface area contributed by atoms with Crippen molar-refractivity contribution in [2.45, 2.75) is 32.9 Å². The summed E-state index contributed by atoms with van der Waals surface area (Å²) in [7, 11) is 0. The fourth-order valence-corrected chi connectivity index (χ4v) is 2.80. The maximum Gasteiger partial charge on any atom is 0.131 e. The van der Waals surface area contributed by atoms with Crippen LogP contribution in [0.25, 0.3) is 0 Å². The van der Waals surface area contributed by atoms with Gasteiger partial charge in [0.25, 0.3) is 0 Å². The van der Waals surface area contributed by atoms with Crippen molar-refractivity contribution in [3.63, 3.8) is 0 Å². The first-order valence-corrected chi connectivity index (χ1v) is 8.00. The number of Topliss-reactive ketones (excluding diaryl/α,β-unsaturated/α-hetero) is 1. The topological polar surface area (TPSA) is 20.3 Å². The highest BCUT2D eigenvalue weighted by molar-refractivity contribution is 6.30. The molecule has 0 saturated heterocycles. The molecule has 0 amide bonds. The van der Waals surface area contributed by atoms with Gasteiger partial charge in [-0.3, -0.25) is 9.69 Å². The molecule has 2 nitrogen and oxygen atoms in total. The van der Waals surface area contributed by atoms with E-state index in [0.717, 1.165) is 23.7 Å². The van der Waals surface area contributed by atoms with Gasteiger partial charge >= 0.3 is 0 Å². The van der Waals surface area contributed by atoms with Gasteiger partial charge < -0.3 is 0 Å². The molecule has 3 heteroatoms. The molecule has 0 bridgehead atoms. The third-order valence-corrected chi connectivity index (χ3v) is 4.06. The van der Waals surface area contributed by atoms with Crippen LogP contribution in [0.15, 0.2) is 54.6 Å². The Balaban J connectivity index is 2.25. The first kappa shape index (κ1) is 16.7. The summed E-state index contributed by atoms with van der Waals surface area (Å²) >= 11 is 5.98. The summed E-state index contributed by atoms with van der Waals surface area (Å²) in [5.74, 6) is 0.200. The number of nitrogens with zero attached hydrogens (tertiary/aromatic N) is 1. The molecule has 1 atom stereocenters. The molecule has 0 radical (unpaired) electrons. The fraction of sp³-hybridized carbons (Fsp3) is 0.316. The van der Waals surface area contributed by atoms with Gasteiger partial charge in [0.05, 0.1) is 0 Å². The minimum Gasteiger partial charge on any atom is -0.300 e. The van der Waals surface area contributed by atoms with E-state index >= 15 is 0 Å². The van der Waals surface area contributed by atoms with Crippen LogP contribution in [-0.2, 0) is 11.3 Å². The molecule has 116 valence electrons. The quantitative estimate of drug-likeness (QED) is 0.725. The van der Waals surface area contributed by atoms with E-state index in [1.54, 1.807) is 6.92 Å². The van der Waals surface area contributed by atoms with E-state index in [0.29, 0.717) is 6.42 Å². The Bertz CT molecular complexity index is 595. The molecule has 0 aliphatic carbocycles. The highest BCUT2D eigenvalue weighted by Crippen LogP contribution is 2.27. The number of ketones is 1. The zero-order valence-electron chi connectivity index (χ0n) is 13.1. The van der Waals surface area contributed by atoms with Crippen molar-refractivity contribution in [2.24, 2.45) is 0 Å². The van der Waals surface area contributed by atoms with Gasteiger partial charge in [-0.25, -0.2) is 0 Å². The van der Waals surface area contributed by atoms with Crippen molar-refractivity contribution in [1.82, 2.24) is 4.90 Å². The molecule has 0 heterocycles. The van der Waals surface area contributed by atoms with E-state index in [1.165, 1.54) is 5.56 Å². The van der Waals surface area contributed by atoms with Gasteiger partial charge in [-0.1, -0.05) is 61.0 Å². The van der Waals surface area contributed by atoms with Crippen LogP contribution in [0, 0.1) is 0 Å². The number of carbonyl (C=O) groups is 1. The normalized spacial score (nSPS) is 12.4. The third kappa shape index (κ3) is 4.69. The monoisotopic (exact) mass is 315 g/mol. The highest BCUT2D eigenvalue weighted by atomic mass is 35.5. The van der Waals surface area contributed by atoms with Crippen LogP contribution in [0.2, 0.25) is 5.02 Å². The second-order valence-corrected chi connectivity index (χ2v) is 5.96. The standard InChI is InChI=1S/C19H22ClNO/c1-3-21(14-16-7-5-4-6-8-16)19(13-15(2)22)17-9-11-18(20)12-10-17/h4-12,19H,3,13-14H2,1-2H3. The first-order valence-electron chi connectivity index (χ1n) is 7.63. The van der Waals surface area contributed by atoms with E-state index in [4.69, 9.17) is 11.6 Å². The Morgan fingerprint density at radius 1 is 1.09 bits per heavy atom. The van der Waals surface area contributed by atoms with Crippen LogP contribution in [0.3, 0.4) is 0 Å². The van der Waals surface area contributed by atoms with Crippen molar-refractivity contribution in [1.29, 1.82) is 0 Å². The predicted octanol–water partition coefficient (Wildman–Crippen LogP) is 4.88. The zero-order chi connectivity index (χ0) is 15.9. The summed E-state index contributed by atoms with van der Waals surface area (Å²) in [6, 6.07) is 18.3. The van der Waals surface area contributed by atoms with Crippen LogP contribution in [-0.4, -0.2) is 17.2 Å². The van der Waals surface area contributed by atoms with Crippen molar-refractivity contribution < 1.29 is 4.79 Å². The molecular weight excluding hydrogens is 294 g/mol. The summed E-state index contributed by atoms with van der Waals surface area (Å²) in [5.41, 5.74) is 2.39. The summed E-state index contributed by atoms with van der Waals surface area (Å²) in [6.07, 6.45) is 0.516. The molecule has 0 N–H and O–H groups in total. The molecule has 0 aliphatic heterocycles. The largest absolute Gasteiger partial charge is 0.300 e. The van der Waals surface area contributed by atoms with Gasteiger partial charge in [0.2, 0.25) is 0 Å². The van der Waals surface area contributed by atoms with Crippen molar-refractivity contribution in [2.75, 3.05) is 6.54 Å². The second kappa shape index (κ2) is 8.11. The van der Waals surface area contributed by atoms with Crippen LogP contribution in [0.1, 0.15) is 37.4 Å². The predicted molar refractivity (Wildman–Crippen MR) is 92.0 cm³/mol. The fourth-order valence-electron chi connectivity index (χ4n) is 2.68. The minimum atomic E-state index is 0.0833. The van der Waals surface area contributed by atoms with Crippen LogP contribution in [0.5, 0.6) is 0 Å². The van der Waals surface area contributed by atoms with Gasteiger partial charge in [-0.15, -0.1) is 0 Å². The Hall–Kier alpha value is -1.64. The van der Waals surface area contributed by atoms with Crippen molar-refractivity contribution in [3.8, 4) is 0 Å². The maximum absolute atomic E-state index is 11.7.